The number of anilines is 1. The van der Waals surface area contributed by atoms with Crippen molar-refractivity contribution in [3.63, 3.8) is 0 Å². The Morgan fingerprint density at radius 1 is 1.06 bits per heavy atom. The Kier molecular flexibility index (Phi) is 9.32. The molecule has 2 amide bonds. The summed E-state index contributed by atoms with van der Waals surface area (Å²) in [4.78, 5) is 27.5. The fraction of sp³-hybridized carbons (Fsp3) is 0.481. The molecular weight excluding hydrogens is 462 g/mol. The topological polar surface area (TPSA) is 95.6 Å². The average Bonchev–Trinajstić information content (AvgIpc) is 2.84. The van der Waals surface area contributed by atoms with Gasteiger partial charge in [-0.15, -0.1) is 0 Å². The maximum atomic E-state index is 13.0. The van der Waals surface area contributed by atoms with Crippen molar-refractivity contribution in [2.24, 2.45) is 11.8 Å². The van der Waals surface area contributed by atoms with Crippen molar-refractivity contribution in [1.29, 1.82) is 0 Å². The molecule has 1 aliphatic heterocycles. The second-order valence-corrected chi connectivity index (χ2v) is 11.3. The third-order valence-corrected chi connectivity index (χ3v) is 7.65. The number of piperidine rings is 1. The van der Waals surface area contributed by atoms with E-state index in [1.807, 2.05) is 12.1 Å². The average molecular weight is 500 g/mol. The highest BCUT2D eigenvalue weighted by Crippen LogP contribution is 2.21. The van der Waals surface area contributed by atoms with Gasteiger partial charge in [-0.1, -0.05) is 39.3 Å². The van der Waals surface area contributed by atoms with Gasteiger partial charge in [0.25, 0.3) is 15.9 Å². The summed E-state index contributed by atoms with van der Waals surface area (Å²) in [7, 11) is -3.72. The molecule has 7 nitrogen and oxygen atoms in total. The fourth-order valence-corrected chi connectivity index (χ4v) is 5.26. The molecule has 1 unspecified atom stereocenters. The summed E-state index contributed by atoms with van der Waals surface area (Å²) in [5.41, 5.74) is 1.96. The van der Waals surface area contributed by atoms with Crippen LogP contribution in [0.25, 0.3) is 0 Å². The van der Waals surface area contributed by atoms with Crippen molar-refractivity contribution >= 4 is 27.5 Å². The zero-order chi connectivity index (χ0) is 25.4. The molecule has 2 aromatic carbocycles. The van der Waals surface area contributed by atoms with Crippen LogP contribution >= 0.6 is 0 Å². The van der Waals surface area contributed by atoms with E-state index in [0.717, 1.165) is 37.7 Å². The van der Waals surface area contributed by atoms with Crippen LogP contribution in [0.15, 0.2) is 53.4 Å². The zero-order valence-corrected chi connectivity index (χ0v) is 21.7. The third kappa shape index (κ3) is 7.56. The second-order valence-electron chi connectivity index (χ2n) is 9.64. The summed E-state index contributed by atoms with van der Waals surface area (Å²) in [5.74, 6) is 0.189. The van der Waals surface area contributed by atoms with Crippen LogP contribution in [-0.4, -0.2) is 44.8 Å². The van der Waals surface area contributed by atoms with E-state index in [4.69, 9.17) is 0 Å². The van der Waals surface area contributed by atoms with Crippen LogP contribution < -0.4 is 10.0 Å². The maximum absolute atomic E-state index is 13.0. The first-order valence-corrected chi connectivity index (χ1v) is 14.0. The molecule has 1 atom stereocenters. The lowest BCUT2D eigenvalue weighted by Crippen LogP contribution is -2.45. The first kappa shape index (κ1) is 26.7. The SMILES string of the molecule is CCCc1ccc(S(=O)(=O)Nc2ccc(C(=O)N3CCCC(C(=O)NCCC(C)C)C3)cc2)cc1. The van der Waals surface area contributed by atoms with E-state index in [1.54, 1.807) is 41.3 Å². The molecule has 0 bridgehead atoms. The molecule has 1 heterocycles. The van der Waals surface area contributed by atoms with Gasteiger partial charge in [0.1, 0.15) is 0 Å². The van der Waals surface area contributed by atoms with E-state index in [1.165, 1.54) is 0 Å². The van der Waals surface area contributed by atoms with E-state index in [0.29, 0.717) is 36.8 Å². The maximum Gasteiger partial charge on any atom is 0.261 e. The summed E-state index contributed by atoms with van der Waals surface area (Å²) in [6.45, 7) is 7.98. The predicted octanol–water partition coefficient (Wildman–Crippen LogP) is 4.45. The quantitative estimate of drug-likeness (QED) is 0.505. The van der Waals surface area contributed by atoms with Gasteiger partial charge in [-0.05, 0) is 73.6 Å². The van der Waals surface area contributed by atoms with Gasteiger partial charge >= 0.3 is 0 Å². The van der Waals surface area contributed by atoms with Crippen molar-refractivity contribution in [2.45, 2.75) is 57.8 Å². The van der Waals surface area contributed by atoms with Crippen molar-refractivity contribution in [3.05, 3.63) is 59.7 Å². The minimum absolute atomic E-state index is 0.00984. The molecule has 0 spiro atoms. The van der Waals surface area contributed by atoms with Gasteiger partial charge in [-0.3, -0.25) is 14.3 Å². The van der Waals surface area contributed by atoms with Crippen LogP contribution in [-0.2, 0) is 21.2 Å². The smallest absolute Gasteiger partial charge is 0.261 e. The number of nitrogens with one attached hydrogen (secondary N) is 2. The van der Waals surface area contributed by atoms with Crippen molar-refractivity contribution in [1.82, 2.24) is 10.2 Å². The summed E-state index contributed by atoms with van der Waals surface area (Å²) in [6, 6.07) is 13.3. The van der Waals surface area contributed by atoms with Gasteiger partial charge in [0.2, 0.25) is 5.91 Å². The van der Waals surface area contributed by atoms with E-state index in [2.05, 4.69) is 30.8 Å². The number of rotatable bonds is 10. The largest absolute Gasteiger partial charge is 0.356 e. The van der Waals surface area contributed by atoms with Crippen LogP contribution in [0.1, 0.15) is 62.4 Å². The molecule has 1 saturated heterocycles. The fourth-order valence-electron chi connectivity index (χ4n) is 4.21. The standard InChI is InChI=1S/C27H37N3O4S/c1-4-6-21-8-14-25(15-9-21)35(33,34)29-24-12-10-22(11-13-24)27(32)30-18-5-7-23(19-30)26(31)28-17-16-20(2)3/h8-15,20,23,29H,4-7,16-19H2,1-3H3,(H,28,31). The number of aryl methyl sites for hydroxylation is 1. The first-order chi connectivity index (χ1) is 16.7. The summed E-state index contributed by atoms with van der Waals surface area (Å²) >= 11 is 0. The number of carbonyl (C=O) groups is 2. The zero-order valence-electron chi connectivity index (χ0n) is 20.9. The van der Waals surface area contributed by atoms with E-state index in [9.17, 15) is 18.0 Å². The van der Waals surface area contributed by atoms with E-state index in [-0.39, 0.29) is 22.6 Å². The number of carbonyl (C=O) groups excluding carboxylic acids is 2. The molecule has 8 heteroatoms. The molecular formula is C27H37N3O4S. The van der Waals surface area contributed by atoms with Gasteiger partial charge in [0.15, 0.2) is 0 Å². The minimum Gasteiger partial charge on any atom is -0.356 e. The number of sulfonamides is 1. The molecule has 0 saturated carbocycles. The van der Waals surface area contributed by atoms with Crippen LogP contribution in [0.5, 0.6) is 0 Å². The number of hydrogen-bond acceptors (Lipinski definition) is 4. The first-order valence-electron chi connectivity index (χ1n) is 12.5. The second kappa shape index (κ2) is 12.2. The molecule has 0 aromatic heterocycles. The highest BCUT2D eigenvalue weighted by molar-refractivity contribution is 7.92. The molecule has 3 rings (SSSR count). The monoisotopic (exact) mass is 499 g/mol. The Hall–Kier alpha value is -2.87. The lowest BCUT2D eigenvalue weighted by molar-refractivity contribution is -0.126. The third-order valence-electron chi connectivity index (χ3n) is 6.26. The highest BCUT2D eigenvalue weighted by Gasteiger charge is 2.29. The van der Waals surface area contributed by atoms with Crippen molar-refractivity contribution in [3.8, 4) is 0 Å². The Bertz CT molecular complexity index is 1100. The lowest BCUT2D eigenvalue weighted by atomic mass is 9.96. The van der Waals surface area contributed by atoms with Crippen LogP contribution in [0.2, 0.25) is 0 Å². The van der Waals surface area contributed by atoms with Gasteiger partial charge in [0, 0.05) is 30.9 Å². The predicted molar refractivity (Wildman–Crippen MR) is 139 cm³/mol. The Morgan fingerprint density at radius 2 is 1.74 bits per heavy atom. The normalized spacial score (nSPS) is 16.2. The summed E-state index contributed by atoms with van der Waals surface area (Å²) in [6.07, 6.45) is 4.39. The van der Waals surface area contributed by atoms with Gasteiger partial charge in [-0.2, -0.15) is 0 Å². The van der Waals surface area contributed by atoms with Gasteiger partial charge in [-0.25, -0.2) is 8.42 Å². The molecule has 2 N–H and O–H groups in total. The van der Waals surface area contributed by atoms with Crippen molar-refractivity contribution < 1.29 is 18.0 Å². The van der Waals surface area contributed by atoms with Crippen LogP contribution in [0, 0.1) is 11.8 Å². The van der Waals surface area contributed by atoms with Crippen molar-refractivity contribution in [2.75, 3.05) is 24.4 Å². The lowest BCUT2D eigenvalue weighted by Gasteiger charge is -2.32. The molecule has 1 fully saturated rings. The Morgan fingerprint density at radius 3 is 2.37 bits per heavy atom. The number of benzene rings is 2. The number of hydrogen-bond donors (Lipinski definition) is 2. The van der Waals surface area contributed by atoms with Crippen LogP contribution in [0.4, 0.5) is 5.69 Å². The Labute approximate surface area is 209 Å². The molecule has 1 aliphatic rings. The van der Waals surface area contributed by atoms with E-state index < -0.39 is 10.0 Å². The Balaban J connectivity index is 1.59. The van der Waals surface area contributed by atoms with Gasteiger partial charge < -0.3 is 10.2 Å². The number of nitrogens with zero attached hydrogens (tertiary/aromatic N) is 1. The molecule has 190 valence electrons. The molecule has 2 aromatic rings. The highest BCUT2D eigenvalue weighted by atomic mass is 32.2. The number of amides is 2. The molecule has 0 aliphatic carbocycles. The summed E-state index contributed by atoms with van der Waals surface area (Å²) < 4.78 is 28.0. The van der Waals surface area contributed by atoms with E-state index >= 15 is 0 Å². The summed E-state index contributed by atoms with van der Waals surface area (Å²) in [5, 5.41) is 2.99. The molecule has 0 radical (unpaired) electrons. The van der Waals surface area contributed by atoms with Crippen LogP contribution in [0.3, 0.4) is 0 Å². The molecule has 35 heavy (non-hydrogen) atoms. The van der Waals surface area contributed by atoms with Gasteiger partial charge in [0.05, 0.1) is 10.8 Å². The minimum atomic E-state index is -3.72. The number of likely N-dealkylation sites (tertiary alicyclic amines) is 1.